The van der Waals surface area contributed by atoms with Gasteiger partial charge in [0.05, 0.1) is 6.26 Å². The van der Waals surface area contributed by atoms with Gasteiger partial charge in [0.1, 0.15) is 5.76 Å². The number of nitrogens with one attached hydrogen (secondary N) is 1. The highest BCUT2D eigenvalue weighted by molar-refractivity contribution is 5.24. The van der Waals surface area contributed by atoms with E-state index in [1.807, 2.05) is 6.26 Å². The van der Waals surface area contributed by atoms with Gasteiger partial charge in [-0.2, -0.15) is 0 Å². The van der Waals surface area contributed by atoms with E-state index in [0.717, 1.165) is 13.0 Å². The van der Waals surface area contributed by atoms with Gasteiger partial charge in [0.2, 0.25) is 0 Å². The summed E-state index contributed by atoms with van der Waals surface area (Å²) in [5.41, 5.74) is 1.80. The lowest BCUT2D eigenvalue weighted by Gasteiger charge is -2.48. The predicted octanol–water partition coefficient (Wildman–Crippen LogP) is 2.73. The molecule has 0 saturated heterocycles. The van der Waals surface area contributed by atoms with E-state index in [1.165, 1.54) is 43.4 Å². The Kier molecular flexibility index (Phi) is 3.20. The molecule has 2 aliphatic carbocycles. The second-order valence-electron chi connectivity index (χ2n) is 6.10. The van der Waals surface area contributed by atoms with Crippen molar-refractivity contribution in [3.8, 4) is 0 Å². The number of aryl methyl sites for hydroxylation is 1. The zero-order chi connectivity index (χ0) is 12.6. The van der Waals surface area contributed by atoms with Crippen LogP contribution in [0.5, 0.6) is 0 Å². The molecule has 1 heterocycles. The van der Waals surface area contributed by atoms with Crippen molar-refractivity contribution in [2.45, 2.75) is 50.1 Å². The Bertz CT molecular complexity index is 406. The van der Waals surface area contributed by atoms with Gasteiger partial charge in [-0.25, -0.2) is 0 Å². The summed E-state index contributed by atoms with van der Waals surface area (Å²) in [7, 11) is 4.43. The Balaban J connectivity index is 1.65. The molecule has 0 bridgehead atoms. The van der Waals surface area contributed by atoms with Gasteiger partial charge in [-0.3, -0.25) is 0 Å². The molecule has 1 aromatic heterocycles. The van der Waals surface area contributed by atoms with Gasteiger partial charge in [-0.1, -0.05) is 0 Å². The van der Waals surface area contributed by atoms with Crippen molar-refractivity contribution in [1.82, 2.24) is 10.2 Å². The van der Waals surface area contributed by atoms with Crippen LogP contribution in [-0.2, 0) is 6.42 Å². The fourth-order valence-electron chi connectivity index (χ4n) is 3.38. The van der Waals surface area contributed by atoms with Crippen molar-refractivity contribution >= 4 is 0 Å². The average Bonchev–Trinajstić information content (AvgIpc) is 2.75. The normalized spacial score (nSPS) is 25.8. The SMILES string of the molecule is CN(C)C1(CNC2CCCc3occc32)CCC1. The lowest BCUT2D eigenvalue weighted by molar-refractivity contribution is 0.0563. The van der Waals surface area contributed by atoms with Crippen molar-refractivity contribution < 1.29 is 4.42 Å². The fraction of sp³-hybridized carbons (Fsp3) is 0.733. The molecule has 1 saturated carbocycles. The van der Waals surface area contributed by atoms with Gasteiger partial charge in [0.25, 0.3) is 0 Å². The molecule has 0 aromatic carbocycles. The molecule has 1 fully saturated rings. The summed E-state index contributed by atoms with van der Waals surface area (Å²) in [6.07, 6.45) is 9.48. The number of fused-ring (bicyclic) bond motifs is 1. The van der Waals surface area contributed by atoms with Crippen LogP contribution in [0.1, 0.15) is 49.5 Å². The molecule has 1 aromatic rings. The summed E-state index contributed by atoms with van der Waals surface area (Å²) in [6, 6.07) is 2.65. The Morgan fingerprint density at radius 2 is 2.22 bits per heavy atom. The molecule has 1 N–H and O–H groups in total. The van der Waals surface area contributed by atoms with Gasteiger partial charge in [-0.15, -0.1) is 0 Å². The number of furan rings is 1. The first kappa shape index (κ1) is 12.2. The van der Waals surface area contributed by atoms with Crippen LogP contribution in [-0.4, -0.2) is 31.1 Å². The summed E-state index contributed by atoms with van der Waals surface area (Å²) in [6.45, 7) is 1.11. The highest BCUT2D eigenvalue weighted by Crippen LogP contribution is 2.37. The van der Waals surface area contributed by atoms with Crippen molar-refractivity contribution in [1.29, 1.82) is 0 Å². The largest absolute Gasteiger partial charge is 0.469 e. The third kappa shape index (κ3) is 1.99. The molecule has 3 heteroatoms. The lowest BCUT2D eigenvalue weighted by Crippen LogP contribution is -2.56. The van der Waals surface area contributed by atoms with E-state index < -0.39 is 0 Å². The summed E-state index contributed by atoms with van der Waals surface area (Å²) in [4.78, 5) is 2.41. The summed E-state index contributed by atoms with van der Waals surface area (Å²) >= 11 is 0. The maximum Gasteiger partial charge on any atom is 0.108 e. The van der Waals surface area contributed by atoms with E-state index >= 15 is 0 Å². The minimum Gasteiger partial charge on any atom is -0.469 e. The van der Waals surface area contributed by atoms with Crippen LogP contribution in [0.3, 0.4) is 0 Å². The Morgan fingerprint density at radius 1 is 1.39 bits per heavy atom. The third-order valence-corrected chi connectivity index (χ3v) is 4.96. The third-order valence-electron chi connectivity index (χ3n) is 4.96. The van der Waals surface area contributed by atoms with Crippen molar-refractivity contribution in [3.05, 3.63) is 23.7 Å². The first-order valence-electron chi connectivity index (χ1n) is 7.18. The van der Waals surface area contributed by atoms with E-state index in [4.69, 9.17) is 4.42 Å². The quantitative estimate of drug-likeness (QED) is 0.888. The molecule has 100 valence electrons. The molecule has 1 atom stereocenters. The zero-order valence-corrected chi connectivity index (χ0v) is 11.5. The molecule has 3 nitrogen and oxygen atoms in total. The average molecular weight is 248 g/mol. The van der Waals surface area contributed by atoms with Gasteiger partial charge >= 0.3 is 0 Å². The number of hydrogen-bond acceptors (Lipinski definition) is 3. The van der Waals surface area contributed by atoms with E-state index in [2.05, 4.69) is 30.4 Å². The number of likely N-dealkylation sites (N-methyl/N-ethyl adjacent to an activating group) is 1. The molecular formula is C15H24N2O. The van der Waals surface area contributed by atoms with Crippen LogP contribution in [0, 0.1) is 0 Å². The number of nitrogens with zero attached hydrogens (tertiary/aromatic N) is 1. The van der Waals surface area contributed by atoms with E-state index in [1.54, 1.807) is 0 Å². The molecule has 0 amide bonds. The Hall–Kier alpha value is -0.800. The van der Waals surface area contributed by atoms with Crippen LogP contribution >= 0.6 is 0 Å². The Labute approximate surface area is 110 Å². The fourth-order valence-corrected chi connectivity index (χ4v) is 3.38. The first-order valence-corrected chi connectivity index (χ1v) is 7.18. The summed E-state index contributed by atoms with van der Waals surface area (Å²) < 4.78 is 5.56. The number of rotatable bonds is 4. The van der Waals surface area contributed by atoms with Gasteiger partial charge in [0, 0.05) is 30.1 Å². The van der Waals surface area contributed by atoms with Crippen molar-refractivity contribution in [2.24, 2.45) is 0 Å². The topological polar surface area (TPSA) is 28.4 Å². The smallest absolute Gasteiger partial charge is 0.108 e. The summed E-state index contributed by atoms with van der Waals surface area (Å²) in [5, 5.41) is 3.79. The molecule has 0 spiro atoms. The maximum absolute atomic E-state index is 5.56. The monoisotopic (exact) mass is 248 g/mol. The van der Waals surface area contributed by atoms with E-state index in [0.29, 0.717) is 11.6 Å². The van der Waals surface area contributed by atoms with E-state index in [-0.39, 0.29) is 0 Å². The van der Waals surface area contributed by atoms with Gasteiger partial charge in [-0.05, 0) is 52.3 Å². The second kappa shape index (κ2) is 4.71. The van der Waals surface area contributed by atoms with Crippen LogP contribution < -0.4 is 5.32 Å². The standard InChI is InChI=1S/C15H24N2O/c1-17(2)15(8-4-9-15)11-16-13-5-3-6-14-12(13)7-10-18-14/h7,10,13,16H,3-6,8-9,11H2,1-2H3. The highest BCUT2D eigenvalue weighted by Gasteiger charge is 2.39. The van der Waals surface area contributed by atoms with Crippen LogP contribution in [0.25, 0.3) is 0 Å². The van der Waals surface area contributed by atoms with Gasteiger partial charge < -0.3 is 14.6 Å². The minimum absolute atomic E-state index is 0.404. The molecular weight excluding hydrogens is 224 g/mol. The maximum atomic E-state index is 5.56. The van der Waals surface area contributed by atoms with E-state index in [9.17, 15) is 0 Å². The van der Waals surface area contributed by atoms with Crippen molar-refractivity contribution in [2.75, 3.05) is 20.6 Å². The molecule has 2 aliphatic rings. The van der Waals surface area contributed by atoms with Crippen LogP contribution in [0.4, 0.5) is 0 Å². The molecule has 0 aliphatic heterocycles. The Morgan fingerprint density at radius 3 is 2.89 bits per heavy atom. The minimum atomic E-state index is 0.404. The predicted molar refractivity (Wildman–Crippen MR) is 72.7 cm³/mol. The molecule has 18 heavy (non-hydrogen) atoms. The van der Waals surface area contributed by atoms with Crippen LogP contribution in [0.15, 0.2) is 16.7 Å². The molecule has 1 unspecified atom stereocenters. The highest BCUT2D eigenvalue weighted by atomic mass is 16.3. The first-order chi connectivity index (χ1) is 8.71. The number of hydrogen-bond donors (Lipinski definition) is 1. The second-order valence-corrected chi connectivity index (χ2v) is 6.10. The van der Waals surface area contributed by atoms with Gasteiger partial charge in [0.15, 0.2) is 0 Å². The van der Waals surface area contributed by atoms with Crippen LogP contribution in [0.2, 0.25) is 0 Å². The zero-order valence-electron chi connectivity index (χ0n) is 11.5. The molecule has 0 radical (unpaired) electrons. The lowest BCUT2D eigenvalue weighted by atomic mass is 9.75. The van der Waals surface area contributed by atoms with Crippen molar-refractivity contribution in [3.63, 3.8) is 0 Å². The molecule has 3 rings (SSSR count). The summed E-state index contributed by atoms with van der Waals surface area (Å²) in [5.74, 6) is 1.20.